The van der Waals surface area contributed by atoms with E-state index in [1.54, 1.807) is 13.1 Å². The summed E-state index contributed by atoms with van der Waals surface area (Å²) in [6.45, 7) is 1.63. The summed E-state index contributed by atoms with van der Waals surface area (Å²) in [7, 11) is 4.08. The Morgan fingerprint density at radius 3 is 2.47 bits per heavy atom. The molecule has 1 heterocycles. The van der Waals surface area contributed by atoms with Crippen LogP contribution in [0.15, 0.2) is 23.2 Å². The van der Waals surface area contributed by atoms with E-state index in [0.29, 0.717) is 43.6 Å². The van der Waals surface area contributed by atoms with Crippen molar-refractivity contribution in [2.45, 2.75) is 12.7 Å². The van der Waals surface area contributed by atoms with Crippen molar-refractivity contribution in [3.8, 4) is 5.75 Å². The van der Waals surface area contributed by atoms with E-state index in [9.17, 15) is 22.4 Å². The number of carbonyl (C=O) groups is 1. The number of alkyl halides is 3. The number of carbonyl (C=O) groups excluding carboxylic acids is 1. The van der Waals surface area contributed by atoms with Crippen molar-refractivity contribution in [2.24, 2.45) is 4.99 Å². The van der Waals surface area contributed by atoms with Gasteiger partial charge in [0, 0.05) is 46.8 Å². The molecule has 0 aliphatic carbocycles. The maximum Gasteiger partial charge on any atom is 0.406 e. The minimum Gasteiger partial charge on any atom is -0.494 e. The number of rotatable bonds is 6. The first-order chi connectivity index (χ1) is 14.1. The van der Waals surface area contributed by atoms with Gasteiger partial charge in [-0.05, 0) is 17.7 Å². The number of nitrogens with zero attached hydrogens (tertiary/aromatic N) is 4. The fraction of sp³-hybridized carbons (Fsp3) is 0.579. The summed E-state index contributed by atoms with van der Waals surface area (Å²) >= 11 is 0. The monoisotopic (exact) mass is 433 g/mol. The highest BCUT2D eigenvalue weighted by atomic mass is 19.4. The Balaban J connectivity index is 1.81. The number of amides is 1. The Bertz CT molecular complexity index is 749. The zero-order valence-corrected chi connectivity index (χ0v) is 17.3. The normalized spacial score (nSPS) is 15.8. The lowest BCUT2D eigenvalue weighted by molar-refractivity contribution is -0.157. The number of aliphatic imine (C=N–C) groups is 1. The van der Waals surface area contributed by atoms with Crippen LogP contribution in [0.2, 0.25) is 0 Å². The van der Waals surface area contributed by atoms with Crippen LogP contribution in [0, 0.1) is 5.82 Å². The second kappa shape index (κ2) is 10.5. The third-order valence-electron chi connectivity index (χ3n) is 4.75. The van der Waals surface area contributed by atoms with Gasteiger partial charge in [0.15, 0.2) is 17.5 Å². The van der Waals surface area contributed by atoms with E-state index in [0.717, 1.165) is 12.6 Å². The molecule has 1 saturated heterocycles. The molecule has 1 aromatic carbocycles. The molecule has 7 nitrogen and oxygen atoms in total. The molecule has 1 N–H and O–H groups in total. The average molecular weight is 433 g/mol. The molecule has 30 heavy (non-hydrogen) atoms. The lowest BCUT2D eigenvalue weighted by Gasteiger charge is -2.36. The third-order valence-corrected chi connectivity index (χ3v) is 4.75. The van der Waals surface area contributed by atoms with Crippen molar-refractivity contribution >= 4 is 11.9 Å². The van der Waals surface area contributed by atoms with E-state index in [1.165, 1.54) is 13.2 Å². The molecule has 0 radical (unpaired) electrons. The SMILES string of the molecule is CN=C(NCC(=O)N(C)CC(F)(F)F)N1CCN(Cc2ccc(OC)c(F)c2)CC1. The van der Waals surface area contributed by atoms with Gasteiger partial charge in [-0.15, -0.1) is 0 Å². The first-order valence-electron chi connectivity index (χ1n) is 9.44. The topological polar surface area (TPSA) is 60.4 Å². The van der Waals surface area contributed by atoms with Gasteiger partial charge in [-0.1, -0.05) is 6.07 Å². The number of ether oxygens (including phenoxy) is 1. The molecular formula is C19H27F4N5O2. The van der Waals surface area contributed by atoms with Crippen LogP contribution in [0.1, 0.15) is 5.56 Å². The Morgan fingerprint density at radius 2 is 1.93 bits per heavy atom. The van der Waals surface area contributed by atoms with Crippen molar-refractivity contribution in [1.82, 2.24) is 20.0 Å². The van der Waals surface area contributed by atoms with Gasteiger partial charge in [0.05, 0.1) is 13.7 Å². The van der Waals surface area contributed by atoms with Crippen LogP contribution in [0.3, 0.4) is 0 Å². The third kappa shape index (κ3) is 7.05. The molecule has 0 spiro atoms. The molecule has 168 valence electrons. The highest BCUT2D eigenvalue weighted by Gasteiger charge is 2.31. The van der Waals surface area contributed by atoms with Crippen molar-refractivity contribution < 1.29 is 27.1 Å². The smallest absolute Gasteiger partial charge is 0.406 e. The number of nitrogens with one attached hydrogen (secondary N) is 1. The number of likely N-dealkylation sites (N-methyl/N-ethyl adjacent to an activating group) is 1. The van der Waals surface area contributed by atoms with Crippen LogP contribution in [0.4, 0.5) is 17.6 Å². The van der Waals surface area contributed by atoms with Crippen LogP contribution in [0.25, 0.3) is 0 Å². The summed E-state index contributed by atoms with van der Waals surface area (Å²) in [4.78, 5) is 20.7. The molecule has 11 heteroatoms. The molecule has 1 fully saturated rings. The molecular weight excluding hydrogens is 406 g/mol. The summed E-state index contributed by atoms with van der Waals surface area (Å²) in [6.07, 6.45) is -4.44. The first kappa shape index (κ1) is 23.7. The summed E-state index contributed by atoms with van der Waals surface area (Å²) in [5.41, 5.74) is 0.836. The first-order valence-corrected chi connectivity index (χ1v) is 9.44. The number of hydrogen-bond acceptors (Lipinski definition) is 4. The molecule has 1 aliphatic heterocycles. The minimum atomic E-state index is -4.44. The van der Waals surface area contributed by atoms with Crippen molar-refractivity contribution in [3.63, 3.8) is 0 Å². The number of halogens is 4. The number of methoxy groups -OCH3 is 1. The van der Waals surface area contributed by atoms with Gasteiger partial charge < -0.3 is 19.9 Å². The Kier molecular flexibility index (Phi) is 8.27. The molecule has 1 aromatic rings. The number of hydrogen-bond donors (Lipinski definition) is 1. The lowest BCUT2D eigenvalue weighted by atomic mass is 10.2. The highest BCUT2D eigenvalue weighted by molar-refractivity contribution is 5.86. The molecule has 1 aliphatic rings. The minimum absolute atomic E-state index is 0.203. The molecule has 0 atom stereocenters. The van der Waals surface area contributed by atoms with Gasteiger partial charge in [0.1, 0.15) is 6.54 Å². The lowest BCUT2D eigenvalue weighted by Crippen LogP contribution is -2.53. The van der Waals surface area contributed by atoms with E-state index < -0.39 is 24.4 Å². The molecule has 1 amide bonds. The Hall–Kier alpha value is -2.56. The van der Waals surface area contributed by atoms with Crippen molar-refractivity contribution in [1.29, 1.82) is 0 Å². The summed E-state index contributed by atoms with van der Waals surface area (Å²) in [5.74, 6) is -0.417. The van der Waals surface area contributed by atoms with E-state index in [-0.39, 0.29) is 12.3 Å². The zero-order chi connectivity index (χ0) is 22.3. The van der Waals surface area contributed by atoms with Crippen LogP contribution in [0.5, 0.6) is 5.75 Å². The average Bonchev–Trinajstić information content (AvgIpc) is 2.68. The van der Waals surface area contributed by atoms with E-state index >= 15 is 0 Å². The fourth-order valence-corrected chi connectivity index (χ4v) is 3.16. The highest BCUT2D eigenvalue weighted by Crippen LogP contribution is 2.19. The zero-order valence-electron chi connectivity index (χ0n) is 17.3. The van der Waals surface area contributed by atoms with Crippen LogP contribution >= 0.6 is 0 Å². The van der Waals surface area contributed by atoms with Gasteiger partial charge in [-0.2, -0.15) is 13.2 Å². The predicted octanol–water partition coefficient (Wildman–Crippen LogP) is 1.55. The van der Waals surface area contributed by atoms with Crippen LogP contribution in [-0.4, -0.2) is 93.2 Å². The van der Waals surface area contributed by atoms with Crippen molar-refractivity contribution in [2.75, 3.05) is 60.5 Å². The van der Waals surface area contributed by atoms with Gasteiger partial charge in [-0.3, -0.25) is 14.7 Å². The fourth-order valence-electron chi connectivity index (χ4n) is 3.16. The standard InChI is InChI=1S/C19H27F4N5O2/c1-24-18(25-11-17(29)26(2)13-19(21,22)23)28-8-6-27(7-9-28)12-14-4-5-16(30-3)15(20)10-14/h4-5,10H,6-9,11-13H2,1-3H3,(H,24,25). The summed E-state index contributed by atoms with van der Waals surface area (Å²) in [5, 5.41) is 2.83. The van der Waals surface area contributed by atoms with E-state index in [1.807, 2.05) is 11.0 Å². The largest absolute Gasteiger partial charge is 0.494 e. The maximum absolute atomic E-state index is 13.8. The maximum atomic E-state index is 13.8. The number of benzene rings is 1. The Labute approximate surface area is 173 Å². The van der Waals surface area contributed by atoms with Gasteiger partial charge in [0.2, 0.25) is 5.91 Å². The van der Waals surface area contributed by atoms with Crippen LogP contribution < -0.4 is 10.1 Å². The summed E-state index contributed by atoms with van der Waals surface area (Å²) < 4.78 is 56.0. The van der Waals surface area contributed by atoms with Crippen molar-refractivity contribution in [3.05, 3.63) is 29.6 Å². The molecule has 0 saturated carbocycles. The summed E-state index contributed by atoms with van der Waals surface area (Å²) in [6, 6.07) is 4.87. The van der Waals surface area contributed by atoms with E-state index in [4.69, 9.17) is 4.74 Å². The molecule has 0 aromatic heterocycles. The van der Waals surface area contributed by atoms with Gasteiger partial charge in [-0.25, -0.2) is 4.39 Å². The van der Waals surface area contributed by atoms with Gasteiger partial charge in [0.25, 0.3) is 0 Å². The van der Waals surface area contributed by atoms with Crippen LogP contribution in [-0.2, 0) is 11.3 Å². The molecule has 0 bridgehead atoms. The number of piperazine rings is 1. The quantitative estimate of drug-likeness (QED) is 0.419. The second-order valence-electron chi connectivity index (χ2n) is 7.00. The predicted molar refractivity (Wildman–Crippen MR) is 105 cm³/mol. The second-order valence-corrected chi connectivity index (χ2v) is 7.00. The number of guanidine groups is 1. The van der Waals surface area contributed by atoms with E-state index in [2.05, 4.69) is 15.2 Å². The van der Waals surface area contributed by atoms with Gasteiger partial charge >= 0.3 is 6.18 Å². The Morgan fingerprint density at radius 1 is 1.27 bits per heavy atom. The molecule has 0 unspecified atom stereocenters. The molecule has 2 rings (SSSR count).